The van der Waals surface area contributed by atoms with Gasteiger partial charge >= 0.3 is 0 Å². The largest absolute Gasteiger partial charge is 0.218 e. The molecule has 0 aliphatic rings. The number of aryl methyl sites for hydroxylation is 2. The van der Waals surface area contributed by atoms with Crippen LogP contribution < -0.4 is 0 Å². The lowest BCUT2D eigenvalue weighted by molar-refractivity contribution is 0.831. The van der Waals surface area contributed by atoms with Gasteiger partial charge in [0.15, 0.2) is 0 Å². The molecule has 0 aliphatic heterocycles. The summed E-state index contributed by atoms with van der Waals surface area (Å²) in [5, 5.41) is 4.31. The van der Waals surface area contributed by atoms with E-state index in [-0.39, 0.29) is 0 Å². The van der Waals surface area contributed by atoms with Crippen LogP contribution in [0.2, 0.25) is 0 Å². The quantitative estimate of drug-likeness (QED) is 0.730. The first-order chi connectivity index (χ1) is 7.20. The highest BCUT2D eigenvalue weighted by Crippen LogP contribution is 2.12. The molecule has 15 heavy (non-hydrogen) atoms. The van der Waals surface area contributed by atoms with Crippen molar-refractivity contribution in [2.45, 2.75) is 19.7 Å². The fourth-order valence-electron chi connectivity index (χ4n) is 1.49. The van der Waals surface area contributed by atoms with E-state index in [1.807, 2.05) is 42.8 Å². The Morgan fingerprint density at radius 3 is 2.33 bits per heavy atom. The lowest BCUT2D eigenvalue weighted by Crippen LogP contribution is -1.99. The second-order valence-corrected chi connectivity index (χ2v) is 3.69. The predicted octanol–water partition coefficient (Wildman–Crippen LogP) is 2.62. The summed E-state index contributed by atoms with van der Waals surface area (Å²) in [6.45, 7) is 3.83. The van der Waals surface area contributed by atoms with E-state index in [0.29, 0.717) is 5.88 Å². The van der Waals surface area contributed by atoms with Crippen LogP contribution in [0, 0.1) is 13.8 Å². The first-order valence-electron chi connectivity index (χ1n) is 4.76. The molecule has 0 N–H and O–H groups in total. The standard InChI is InChI=1S/C11H12ClN3/c1-8-13-9(2)15(14-8)11-5-3-10(7-12)4-6-11/h3-6H,7H2,1-2H3. The SMILES string of the molecule is Cc1nc(C)n(-c2ccc(CCl)cc2)n1. The smallest absolute Gasteiger partial charge is 0.148 e. The van der Waals surface area contributed by atoms with Gasteiger partial charge in [-0.3, -0.25) is 0 Å². The summed E-state index contributed by atoms with van der Waals surface area (Å²) in [5.41, 5.74) is 2.12. The topological polar surface area (TPSA) is 30.7 Å². The molecule has 1 aromatic carbocycles. The van der Waals surface area contributed by atoms with Crippen molar-refractivity contribution in [3.05, 3.63) is 41.5 Å². The van der Waals surface area contributed by atoms with Gasteiger partial charge in [0, 0.05) is 5.88 Å². The molecule has 0 radical (unpaired) electrons. The molecular formula is C11H12ClN3. The summed E-state index contributed by atoms with van der Waals surface area (Å²) in [4.78, 5) is 4.26. The summed E-state index contributed by atoms with van der Waals surface area (Å²) >= 11 is 5.73. The van der Waals surface area contributed by atoms with E-state index in [4.69, 9.17) is 11.6 Å². The van der Waals surface area contributed by atoms with Crippen LogP contribution in [0.15, 0.2) is 24.3 Å². The second kappa shape index (κ2) is 4.03. The van der Waals surface area contributed by atoms with Crippen molar-refractivity contribution in [2.75, 3.05) is 0 Å². The minimum Gasteiger partial charge on any atom is -0.218 e. The van der Waals surface area contributed by atoms with Crippen LogP contribution >= 0.6 is 11.6 Å². The van der Waals surface area contributed by atoms with Crippen molar-refractivity contribution in [2.24, 2.45) is 0 Å². The monoisotopic (exact) mass is 221 g/mol. The molecule has 0 unspecified atom stereocenters. The molecule has 0 bridgehead atoms. The summed E-state index contributed by atoms with van der Waals surface area (Å²) in [5.74, 6) is 2.22. The van der Waals surface area contributed by atoms with Crippen molar-refractivity contribution >= 4 is 11.6 Å². The van der Waals surface area contributed by atoms with Crippen LogP contribution in [0.5, 0.6) is 0 Å². The van der Waals surface area contributed by atoms with Gasteiger partial charge in [0.25, 0.3) is 0 Å². The van der Waals surface area contributed by atoms with Gasteiger partial charge < -0.3 is 0 Å². The summed E-state index contributed by atoms with van der Waals surface area (Å²) in [6.07, 6.45) is 0. The van der Waals surface area contributed by atoms with E-state index in [9.17, 15) is 0 Å². The highest BCUT2D eigenvalue weighted by molar-refractivity contribution is 6.17. The highest BCUT2D eigenvalue weighted by atomic mass is 35.5. The lowest BCUT2D eigenvalue weighted by atomic mass is 10.2. The molecular weight excluding hydrogens is 210 g/mol. The maximum atomic E-state index is 5.73. The average molecular weight is 222 g/mol. The summed E-state index contributed by atoms with van der Waals surface area (Å²) in [6, 6.07) is 8.00. The molecule has 4 heteroatoms. The van der Waals surface area contributed by atoms with Gasteiger partial charge in [-0.2, -0.15) is 5.10 Å². The number of nitrogens with zero attached hydrogens (tertiary/aromatic N) is 3. The molecule has 2 aromatic rings. The summed E-state index contributed by atoms with van der Waals surface area (Å²) in [7, 11) is 0. The number of rotatable bonds is 2. The third-order valence-corrected chi connectivity index (χ3v) is 2.52. The normalized spacial score (nSPS) is 10.6. The Bertz CT molecular complexity index is 459. The Labute approximate surface area is 93.7 Å². The van der Waals surface area contributed by atoms with E-state index in [2.05, 4.69) is 10.1 Å². The van der Waals surface area contributed by atoms with Crippen LogP contribution in [0.3, 0.4) is 0 Å². The number of benzene rings is 1. The van der Waals surface area contributed by atoms with Gasteiger partial charge in [0.1, 0.15) is 11.6 Å². The Morgan fingerprint density at radius 2 is 1.87 bits per heavy atom. The van der Waals surface area contributed by atoms with E-state index in [1.54, 1.807) is 0 Å². The maximum Gasteiger partial charge on any atom is 0.148 e. The number of hydrogen-bond donors (Lipinski definition) is 0. The zero-order valence-corrected chi connectivity index (χ0v) is 9.49. The molecule has 78 valence electrons. The van der Waals surface area contributed by atoms with Gasteiger partial charge in [0.05, 0.1) is 5.69 Å². The van der Waals surface area contributed by atoms with Crippen LogP contribution in [-0.2, 0) is 5.88 Å². The fourth-order valence-corrected chi connectivity index (χ4v) is 1.67. The molecule has 0 spiro atoms. The van der Waals surface area contributed by atoms with Gasteiger partial charge in [-0.15, -0.1) is 11.6 Å². The predicted molar refractivity (Wildman–Crippen MR) is 60.4 cm³/mol. The first kappa shape index (κ1) is 10.2. The van der Waals surface area contributed by atoms with Crippen LogP contribution in [0.25, 0.3) is 5.69 Å². The second-order valence-electron chi connectivity index (χ2n) is 3.42. The number of aromatic nitrogens is 3. The molecule has 1 aromatic heterocycles. The van der Waals surface area contributed by atoms with Crippen molar-refractivity contribution in [3.63, 3.8) is 0 Å². The van der Waals surface area contributed by atoms with E-state index in [0.717, 1.165) is 22.9 Å². The number of hydrogen-bond acceptors (Lipinski definition) is 2. The molecule has 0 saturated carbocycles. The third kappa shape index (κ3) is 2.02. The van der Waals surface area contributed by atoms with Crippen molar-refractivity contribution in [1.29, 1.82) is 0 Å². The first-order valence-corrected chi connectivity index (χ1v) is 5.29. The minimum atomic E-state index is 0.537. The van der Waals surface area contributed by atoms with Crippen LogP contribution in [0.1, 0.15) is 17.2 Å². The lowest BCUT2D eigenvalue weighted by Gasteiger charge is -2.03. The third-order valence-electron chi connectivity index (χ3n) is 2.21. The minimum absolute atomic E-state index is 0.537. The zero-order chi connectivity index (χ0) is 10.8. The van der Waals surface area contributed by atoms with E-state index < -0.39 is 0 Å². The van der Waals surface area contributed by atoms with Crippen LogP contribution in [0.4, 0.5) is 0 Å². The Balaban J connectivity index is 2.41. The molecule has 0 fully saturated rings. The molecule has 3 nitrogen and oxygen atoms in total. The number of alkyl halides is 1. The zero-order valence-electron chi connectivity index (χ0n) is 8.74. The van der Waals surface area contributed by atoms with Gasteiger partial charge in [-0.05, 0) is 31.5 Å². The molecule has 0 amide bonds. The van der Waals surface area contributed by atoms with Gasteiger partial charge in [-0.1, -0.05) is 12.1 Å². The molecule has 0 saturated heterocycles. The fraction of sp³-hybridized carbons (Fsp3) is 0.273. The van der Waals surface area contributed by atoms with Gasteiger partial charge in [0.2, 0.25) is 0 Å². The highest BCUT2D eigenvalue weighted by Gasteiger charge is 2.04. The molecule has 2 rings (SSSR count). The molecule has 0 atom stereocenters. The Kier molecular flexibility index (Phi) is 2.73. The summed E-state index contributed by atoms with van der Waals surface area (Å²) < 4.78 is 1.83. The van der Waals surface area contributed by atoms with Crippen molar-refractivity contribution < 1.29 is 0 Å². The maximum absolute atomic E-state index is 5.73. The van der Waals surface area contributed by atoms with E-state index in [1.165, 1.54) is 0 Å². The molecule has 1 heterocycles. The Hall–Kier alpha value is -1.35. The average Bonchev–Trinajstić information content (AvgIpc) is 2.58. The van der Waals surface area contributed by atoms with Crippen molar-refractivity contribution in [1.82, 2.24) is 14.8 Å². The number of halogens is 1. The van der Waals surface area contributed by atoms with Gasteiger partial charge in [-0.25, -0.2) is 9.67 Å². The molecule has 0 aliphatic carbocycles. The van der Waals surface area contributed by atoms with Crippen LogP contribution in [-0.4, -0.2) is 14.8 Å². The van der Waals surface area contributed by atoms with E-state index >= 15 is 0 Å². The Morgan fingerprint density at radius 1 is 1.20 bits per heavy atom. The van der Waals surface area contributed by atoms with Crippen molar-refractivity contribution in [3.8, 4) is 5.69 Å².